The summed E-state index contributed by atoms with van der Waals surface area (Å²) in [6.07, 6.45) is -0.403. The van der Waals surface area contributed by atoms with Gasteiger partial charge in [-0.15, -0.1) is 20.3 Å². The third-order valence-electron chi connectivity index (χ3n) is 10.3. The lowest BCUT2D eigenvalue weighted by atomic mass is 9.92. The number of carbonyl (C=O) groups excluding carboxylic acids is 12. The van der Waals surface area contributed by atoms with Gasteiger partial charge in [0.05, 0.1) is 138 Å². The van der Waals surface area contributed by atoms with Crippen LogP contribution in [0.5, 0.6) is 0 Å². The maximum Gasteiger partial charge on any atom is 0.358 e. The molecule has 0 radical (unpaired) electrons. The normalized spacial score (nSPS) is 16.0. The molecule has 32 heteroatoms. The number of hydroxylamine groups is 8. The molecule has 0 bridgehead atoms. The van der Waals surface area contributed by atoms with Crippen molar-refractivity contribution >= 4 is 71.1 Å². The molecular weight excluding hydrogens is 1040 g/mol. The minimum absolute atomic E-state index is 0.00903. The highest BCUT2D eigenvalue weighted by Crippen LogP contribution is 2.22. The largest absolute Gasteiger partial charge is 0.378 e. The van der Waals surface area contributed by atoms with E-state index in [0.29, 0.717) is 20.3 Å². The Kier molecular flexibility index (Phi) is 29.8. The van der Waals surface area contributed by atoms with Crippen molar-refractivity contribution in [1.29, 1.82) is 0 Å². The highest BCUT2D eigenvalue weighted by Gasteiger charge is 2.36. The van der Waals surface area contributed by atoms with Gasteiger partial charge in [-0.1, -0.05) is 0 Å². The van der Waals surface area contributed by atoms with Crippen LogP contribution in [-0.4, -0.2) is 250 Å². The fourth-order valence-electron chi connectivity index (χ4n) is 6.52. The van der Waals surface area contributed by atoms with Crippen LogP contribution in [0.4, 0.5) is 0 Å². The van der Waals surface area contributed by atoms with Gasteiger partial charge in [0.1, 0.15) is 26.4 Å². The molecule has 4 saturated heterocycles. The molecule has 77 heavy (non-hydrogen) atoms. The van der Waals surface area contributed by atoms with Crippen LogP contribution in [0.3, 0.4) is 0 Å². The first kappa shape index (κ1) is 63.5. The van der Waals surface area contributed by atoms with Crippen LogP contribution >= 0.6 is 0 Å². The molecule has 0 atom stereocenters. The van der Waals surface area contributed by atoms with Crippen LogP contribution < -0.4 is 0 Å². The van der Waals surface area contributed by atoms with E-state index in [4.69, 9.17) is 76.2 Å². The van der Waals surface area contributed by atoms with Gasteiger partial charge >= 0.3 is 23.9 Å². The van der Waals surface area contributed by atoms with Gasteiger partial charge in [-0.2, -0.15) is 0 Å². The first-order chi connectivity index (χ1) is 37.2. The van der Waals surface area contributed by atoms with Gasteiger partial charge in [0, 0.05) is 51.4 Å². The molecule has 0 N–H and O–H groups in total. The fourth-order valence-corrected chi connectivity index (χ4v) is 6.52. The average Bonchev–Trinajstić information content (AvgIpc) is 4.11. The number of hydrogen-bond donors (Lipinski definition) is 0. The molecule has 4 rings (SSSR count). The maximum absolute atomic E-state index is 12.0. The smallest absolute Gasteiger partial charge is 0.358 e. The van der Waals surface area contributed by atoms with E-state index in [-0.39, 0.29) is 184 Å². The van der Waals surface area contributed by atoms with Crippen molar-refractivity contribution in [2.75, 3.05) is 159 Å². The molecule has 432 valence electrons. The Morgan fingerprint density at radius 1 is 0.260 bits per heavy atom. The van der Waals surface area contributed by atoms with Crippen LogP contribution in [-0.2, 0) is 134 Å². The average molecular weight is 1110 g/mol. The van der Waals surface area contributed by atoms with E-state index in [1.165, 1.54) is 0 Å². The van der Waals surface area contributed by atoms with Crippen LogP contribution in [0.15, 0.2) is 0 Å². The summed E-state index contributed by atoms with van der Waals surface area (Å²) in [4.78, 5) is 160. The Hall–Kier alpha value is -6.04. The van der Waals surface area contributed by atoms with Gasteiger partial charge in [-0.25, -0.2) is 19.2 Å². The quantitative estimate of drug-likeness (QED) is 0.0424. The molecule has 32 nitrogen and oxygen atoms in total. The Balaban J connectivity index is 1.21. The number of hydrogen-bond acceptors (Lipinski definition) is 28. The molecule has 0 aromatic rings. The lowest BCUT2D eigenvalue weighted by molar-refractivity contribution is -0.200. The van der Waals surface area contributed by atoms with E-state index in [1.54, 1.807) is 0 Å². The van der Waals surface area contributed by atoms with Crippen molar-refractivity contribution in [3.63, 3.8) is 0 Å². The summed E-state index contributed by atoms with van der Waals surface area (Å²) in [5.41, 5.74) is -0.994. The van der Waals surface area contributed by atoms with E-state index < -0.39 is 103 Å². The van der Waals surface area contributed by atoms with Crippen molar-refractivity contribution in [2.45, 2.75) is 51.4 Å². The summed E-state index contributed by atoms with van der Waals surface area (Å²) >= 11 is 0. The van der Waals surface area contributed by atoms with Gasteiger partial charge in [-0.3, -0.25) is 38.4 Å². The number of ether oxygens (including phenoxy) is 12. The monoisotopic (exact) mass is 1110 g/mol. The number of carbonyl (C=O) groups is 12. The molecule has 0 saturated carbocycles. The second kappa shape index (κ2) is 36.1. The molecule has 0 spiro atoms. The van der Waals surface area contributed by atoms with E-state index in [0.717, 1.165) is 0 Å². The lowest BCUT2D eigenvalue weighted by Crippen LogP contribution is -2.43. The van der Waals surface area contributed by atoms with E-state index in [9.17, 15) is 57.5 Å². The summed E-state index contributed by atoms with van der Waals surface area (Å²) in [5, 5.41) is 1.66. The molecule has 0 unspecified atom stereocenters. The number of amides is 8. The first-order valence-corrected chi connectivity index (χ1v) is 24.4. The number of rotatable bonds is 44. The second-order valence-electron chi connectivity index (χ2n) is 16.6. The standard InChI is InChI=1S/C45H64N4O28/c50-33-1-2-34(51)46(33)74-41(58)25-66-17-9-62-13-21-70-29-45(30-71-22-14-63-10-18-67-26-42(59)75-47-35(52)3-4-36(47)53,31-72-23-15-64-11-19-68-27-43(60)76-48-37(54)5-6-38(48)55)32-73-24-16-65-12-20-69-28-44(61)77-49-39(56)7-8-40(49)57/h1-32H2. The lowest BCUT2D eigenvalue weighted by Gasteiger charge is -2.33. The predicted octanol–water partition coefficient (Wildman–Crippen LogP) is -3.40. The molecule has 0 aromatic heterocycles. The van der Waals surface area contributed by atoms with Gasteiger partial charge < -0.3 is 76.2 Å². The van der Waals surface area contributed by atoms with Crippen molar-refractivity contribution in [3.8, 4) is 0 Å². The van der Waals surface area contributed by atoms with Crippen molar-refractivity contribution in [3.05, 3.63) is 0 Å². The zero-order chi connectivity index (χ0) is 55.7. The summed E-state index contributed by atoms with van der Waals surface area (Å²) in [7, 11) is 0. The Morgan fingerprint density at radius 3 is 0.597 bits per heavy atom. The second-order valence-corrected chi connectivity index (χ2v) is 16.6. The van der Waals surface area contributed by atoms with Crippen LogP contribution in [0.2, 0.25) is 0 Å². The number of imide groups is 4. The Labute approximate surface area is 439 Å². The van der Waals surface area contributed by atoms with Crippen LogP contribution in [0, 0.1) is 5.41 Å². The minimum atomic E-state index is -0.994. The zero-order valence-corrected chi connectivity index (χ0v) is 42.3. The number of nitrogens with zero attached hydrogens (tertiary/aromatic N) is 4. The summed E-state index contributed by atoms with van der Waals surface area (Å²) in [5.74, 6) is -8.72. The molecule has 4 aliphatic heterocycles. The molecule has 4 aliphatic rings. The van der Waals surface area contributed by atoms with Gasteiger partial charge in [0.25, 0.3) is 47.3 Å². The van der Waals surface area contributed by atoms with Crippen molar-refractivity contribution in [2.24, 2.45) is 5.41 Å². The molecule has 0 aliphatic carbocycles. The fraction of sp³-hybridized carbons (Fsp3) is 0.733. The highest BCUT2D eigenvalue weighted by molar-refractivity contribution is 6.03. The molecule has 8 amide bonds. The Bertz CT molecular complexity index is 1660. The van der Waals surface area contributed by atoms with Crippen LogP contribution in [0.25, 0.3) is 0 Å². The highest BCUT2D eigenvalue weighted by atomic mass is 16.8. The van der Waals surface area contributed by atoms with Crippen molar-refractivity contribution < 1.29 is 134 Å². The molecule has 4 fully saturated rings. The zero-order valence-electron chi connectivity index (χ0n) is 42.3. The third kappa shape index (κ3) is 24.9. The summed E-state index contributed by atoms with van der Waals surface area (Å²) < 4.78 is 67.1. The van der Waals surface area contributed by atoms with Crippen LogP contribution in [0.1, 0.15) is 51.4 Å². The summed E-state index contributed by atoms with van der Waals surface area (Å²) in [6, 6.07) is 0. The summed E-state index contributed by atoms with van der Waals surface area (Å²) in [6.45, 7) is -1.58. The van der Waals surface area contributed by atoms with Gasteiger partial charge in [0.2, 0.25) is 0 Å². The predicted molar refractivity (Wildman–Crippen MR) is 241 cm³/mol. The van der Waals surface area contributed by atoms with E-state index in [2.05, 4.69) is 0 Å². The SMILES string of the molecule is O=C(COCCOCCOCC(COCCOCCOCC(=O)ON1C(=O)CCC1=O)(COCCOCCOCC(=O)ON1C(=O)CCC1=O)COCCOCCOCC(=O)ON1C(=O)CCC1=O)ON1C(=O)CCC1=O. The van der Waals surface area contributed by atoms with Gasteiger partial charge in [0.15, 0.2) is 0 Å². The topological polar surface area (TPSA) is 365 Å². The third-order valence-corrected chi connectivity index (χ3v) is 10.3. The van der Waals surface area contributed by atoms with Crippen molar-refractivity contribution in [1.82, 2.24) is 20.3 Å². The minimum Gasteiger partial charge on any atom is -0.378 e. The van der Waals surface area contributed by atoms with E-state index >= 15 is 0 Å². The molecule has 0 aromatic carbocycles. The maximum atomic E-state index is 12.0. The van der Waals surface area contributed by atoms with Gasteiger partial charge in [-0.05, 0) is 0 Å². The molecular formula is C45H64N4O28. The Morgan fingerprint density at radius 2 is 0.416 bits per heavy atom. The first-order valence-electron chi connectivity index (χ1n) is 24.4. The molecule has 4 heterocycles. The van der Waals surface area contributed by atoms with E-state index in [1.807, 2.05) is 0 Å².